The van der Waals surface area contributed by atoms with E-state index in [2.05, 4.69) is 15.0 Å². The SMILES string of the molecule is CC(=Cc1ccccc1)C(=O)Nc1ccc(S(=O)(=O)Nc2nccs2)cc1.Cl. The fourth-order valence-corrected chi connectivity index (χ4v) is 4.05. The van der Waals surface area contributed by atoms with Crippen molar-refractivity contribution in [1.29, 1.82) is 0 Å². The predicted molar refractivity (Wildman–Crippen MR) is 115 cm³/mol. The van der Waals surface area contributed by atoms with Gasteiger partial charge in [-0.05, 0) is 42.8 Å². The number of nitrogens with one attached hydrogen (secondary N) is 2. The molecule has 0 bridgehead atoms. The van der Waals surface area contributed by atoms with Crippen molar-refractivity contribution in [2.75, 3.05) is 10.0 Å². The van der Waals surface area contributed by atoms with Gasteiger partial charge in [0.15, 0.2) is 5.13 Å². The molecule has 6 nitrogen and oxygen atoms in total. The van der Waals surface area contributed by atoms with Crippen LogP contribution in [-0.2, 0) is 14.8 Å². The number of benzene rings is 2. The van der Waals surface area contributed by atoms with Crippen LogP contribution in [0.25, 0.3) is 6.08 Å². The number of sulfonamides is 1. The Morgan fingerprint density at radius 3 is 2.36 bits per heavy atom. The number of hydrogen-bond donors (Lipinski definition) is 2. The molecule has 0 atom stereocenters. The molecule has 0 aliphatic rings. The van der Waals surface area contributed by atoms with Gasteiger partial charge in [0.1, 0.15) is 0 Å². The molecule has 0 radical (unpaired) electrons. The highest BCUT2D eigenvalue weighted by molar-refractivity contribution is 7.93. The van der Waals surface area contributed by atoms with Crippen LogP contribution in [0.15, 0.2) is 76.6 Å². The van der Waals surface area contributed by atoms with Gasteiger partial charge in [-0.25, -0.2) is 13.4 Å². The minimum atomic E-state index is -3.71. The molecule has 146 valence electrons. The zero-order chi connectivity index (χ0) is 19.3. The number of rotatable bonds is 6. The zero-order valence-corrected chi connectivity index (χ0v) is 17.3. The second-order valence-electron chi connectivity index (χ2n) is 5.66. The summed E-state index contributed by atoms with van der Waals surface area (Å²) in [6, 6.07) is 15.5. The third kappa shape index (κ3) is 5.66. The summed E-state index contributed by atoms with van der Waals surface area (Å²) in [6.45, 7) is 1.72. The first-order valence-electron chi connectivity index (χ1n) is 8.01. The van der Waals surface area contributed by atoms with Crippen LogP contribution in [0.5, 0.6) is 0 Å². The molecule has 0 saturated carbocycles. The lowest BCUT2D eigenvalue weighted by atomic mass is 10.1. The quantitative estimate of drug-likeness (QED) is 0.561. The number of nitrogens with zero attached hydrogens (tertiary/aromatic N) is 1. The smallest absolute Gasteiger partial charge is 0.263 e. The van der Waals surface area contributed by atoms with Crippen molar-refractivity contribution >= 4 is 56.6 Å². The standard InChI is InChI=1S/C19H17N3O3S2.ClH/c1-14(13-15-5-3-2-4-6-15)18(23)21-16-7-9-17(10-8-16)27(24,25)22-19-20-11-12-26-19;/h2-13H,1H3,(H,20,22)(H,21,23);1H. The number of hydrogen-bond acceptors (Lipinski definition) is 5. The van der Waals surface area contributed by atoms with E-state index in [1.54, 1.807) is 30.5 Å². The average molecular weight is 436 g/mol. The van der Waals surface area contributed by atoms with Gasteiger partial charge in [-0.2, -0.15) is 0 Å². The van der Waals surface area contributed by atoms with Crippen LogP contribution in [-0.4, -0.2) is 19.3 Å². The maximum absolute atomic E-state index is 12.3. The van der Waals surface area contributed by atoms with Crippen molar-refractivity contribution in [3.8, 4) is 0 Å². The summed E-state index contributed by atoms with van der Waals surface area (Å²) in [6.07, 6.45) is 3.30. The number of thiazole rings is 1. The fourth-order valence-electron chi connectivity index (χ4n) is 2.26. The lowest BCUT2D eigenvalue weighted by Crippen LogP contribution is -2.14. The third-order valence-electron chi connectivity index (χ3n) is 3.62. The first-order chi connectivity index (χ1) is 12.9. The normalized spacial score (nSPS) is 11.4. The molecular weight excluding hydrogens is 418 g/mol. The molecular formula is C19H18ClN3O3S2. The van der Waals surface area contributed by atoms with Crippen LogP contribution in [0.4, 0.5) is 10.8 Å². The number of halogens is 1. The number of carbonyl (C=O) groups excluding carboxylic acids is 1. The lowest BCUT2D eigenvalue weighted by Gasteiger charge is -2.08. The molecule has 1 amide bonds. The van der Waals surface area contributed by atoms with Crippen molar-refractivity contribution in [1.82, 2.24) is 4.98 Å². The molecule has 28 heavy (non-hydrogen) atoms. The molecule has 0 fully saturated rings. The van der Waals surface area contributed by atoms with Gasteiger partial charge in [-0.1, -0.05) is 30.3 Å². The molecule has 0 saturated heterocycles. The van der Waals surface area contributed by atoms with Gasteiger partial charge in [-0.15, -0.1) is 23.7 Å². The first-order valence-corrected chi connectivity index (χ1v) is 10.4. The van der Waals surface area contributed by atoms with Crippen LogP contribution in [0.2, 0.25) is 0 Å². The van der Waals surface area contributed by atoms with Gasteiger partial charge in [0, 0.05) is 22.8 Å². The molecule has 3 aromatic rings. The van der Waals surface area contributed by atoms with Crippen molar-refractivity contribution in [3.05, 3.63) is 77.3 Å². The highest BCUT2D eigenvalue weighted by Crippen LogP contribution is 2.20. The Hall–Kier alpha value is -2.68. The van der Waals surface area contributed by atoms with Gasteiger partial charge in [0.25, 0.3) is 15.9 Å². The second-order valence-corrected chi connectivity index (χ2v) is 8.24. The average Bonchev–Trinajstić information content (AvgIpc) is 3.15. The summed E-state index contributed by atoms with van der Waals surface area (Å²) in [5.74, 6) is -0.254. The maximum Gasteiger partial charge on any atom is 0.263 e. The molecule has 0 aliphatic carbocycles. The number of carbonyl (C=O) groups is 1. The van der Waals surface area contributed by atoms with E-state index < -0.39 is 10.0 Å². The summed E-state index contributed by atoms with van der Waals surface area (Å²) in [4.78, 5) is 16.3. The van der Waals surface area contributed by atoms with E-state index in [0.717, 1.165) is 5.56 Å². The van der Waals surface area contributed by atoms with Crippen LogP contribution in [0.1, 0.15) is 12.5 Å². The van der Waals surface area contributed by atoms with Gasteiger partial charge < -0.3 is 5.32 Å². The minimum Gasteiger partial charge on any atom is -0.322 e. The van der Waals surface area contributed by atoms with Gasteiger partial charge in [0.2, 0.25) is 0 Å². The lowest BCUT2D eigenvalue weighted by molar-refractivity contribution is -0.112. The molecule has 9 heteroatoms. The molecule has 0 aliphatic heterocycles. The van der Waals surface area contributed by atoms with Crippen molar-refractivity contribution < 1.29 is 13.2 Å². The van der Waals surface area contributed by atoms with E-state index in [0.29, 0.717) is 16.4 Å². The largest absolute Gasteiger partial charge is 0.322 e. The van der Waals surface area contributed by atoms with Crippen molar-refractivity contribution in [2.45, 2.75) is 11.8 Å². The Labute approximate surface area is 173 Å². The number of amides is 1. The van der Waals surface area contributed by atoms with Crippen LogP contribution >= 0.6 is 23.7 Å². The van der Waals surface area contributed by atoms with E-state index >= 15 is 0 Å². The molecule has 0 spiro atoms. The van der Waals surface area contributed by atoms with Gasteiger partial charge in [-0.3, -0.25) is 9.52 Å². The minimum absolute atomic E-state index is 0. The molecule has 0 unspecified atom stereocenters. The Kier molecular flexibility index (Phi) is 7.33. The zero-order valence-electron chi connectivity index (χ0n) is 14.8. The van der Waals surface area contributed by atoms with Crippen LogP contribution in [0.3, 0.4) is 0 Å². The van der Waals surface area contributed by atoms with E-state index in [9.17, 15) is 13.2 Å². The Morgan fingerprint density at radius 2 is 1.75 bits per heavy atom. The van der Waals surface area contributed by atoms with E-state index in [1.807, 2.05) is 30.3 Å². The highest BCUT2D eigenvalue weighted by Gasteiger charge is 2.15. The summed E-state index contributed by atoms with van der Waals surface area (Å²) in [7, 11) is -3.71. The fraction of sp³-hybridized carbons (Fsp3) is 0.0526. The molecule has 1 aromatic heterocycles. The van der Waals surface area contributed by atoms with E-state index in [-0.39, 0.29) is 23.2 Å². The Bertz CT molecular complexity index is 1050. The van der Waals surface area contributed by atoms with Crippen LogP contribution in [0, 0.1) is 0 Å². The Morgan fingerprint density at radius 1 is 1.07 bits per heavy atom. The summed E-state index contributed by atoms with van der Waals surface area (Å²) in [5.41, 5.74) is 1.98. The maximum atomic E-state index is 12.3. The molecule has 3 rings (SSSR count). The summed E-state index contributed by atoms with van der Waals surface area (Å²) < 4.78 is 27.0. The predicted octanol–water partition coefficient (Wildman–Crippen LogP) is 4.41. The number of anilines is 2. The molecule has 1 heterocycles. The molecule has 2 aromatic carbocycles. The molecule has 2 N–H and O–H groups in total. The Balaban J connectivity index is 0.00000280. The van der Waals surface area contributed by atoms with Crippen molar-refractivity contribution in [3.63, 3.8) is 0 Å². The van der Waals surface area contributed by atoms with Gasteiger partial charge >= 0.3 is 0 Å². The van der Waals surface area contributed by atoms with E-state index in [4.69, 9.17) is 0 Å². The summed E-state index contributed by atoms with van der Waals surface area (Å²) >= 11 is 1.20. The first kappa shape index (κ1) is 21.6. The highest BCUT2D eigenvalue weighted by atomic mass is 35.5. The number of aromatic nitrogens is 1. The third-order valence-corrected chi connectivity index (χ3v) is 5.79. The second kappa shape index (κ2) is 9.50. The van der Waals surface area contributed by atoms with E-state index in [1.165, 1.54) is 29.7 Å². The van der Waals surface area contributed by atoms with Crippen LogP contribution < -0.4 is 10.0 Å². The summed E-state index contributed by atoms with van der Waals surface area (Å²) in [5, 5.41) is 4.74. The topological polar surface area (TPSA) is 88.2 Å². The van der Waals surface area contributed by atoms with Gasteiger partial charge in [0.05, 0.1) is 4.90 Å². The van der Waals surface area contributed by atoms with Crippen molar-refractivity contribution in [2.24, 2.45) is 0 Å². The monoisotopic (exact) mass is 435 g/mol.